The minimum atomic E-state index is -4.49. The van der Waals surface area contributed by atoms with Crippen LogP contribution in [-0.4, -0.2) is 35.6 Å². The van der Waals surface area contributed by atoms with Gasteiger partial charge in [0.25, 0.3) is 5.91 Å². The zero-order chi connectivity index (χ0) is 21.7. The highest BCUT2D eigenvalue weighted by molar-refractivity contribution is 5.77. The number of rotatable bonds is 8. The SMILES string of the molecule is CCN(CC)C(=O)COc1ccc(C(O)(CC)c2cccc(C(F)(F)F)c2)cc1. The lowest BCUT2D eigenvalue weighted by Gasteiger charge is -2.29. The summed E-state index contributed by atoms with van der Waals surface area (Å²) >= 11 is 0. The zero-order valence-corrected chi connectivity index (χ0v) is 16.8. The molecular formula is C22H26F3NO3. The average Bonchev–Trinajstić information content (AvgIpc) is 2.72. The molecule has 0 fully saturated rings. The van der Waals surface area contributed by atoms with E-state index in [9.17, 15) is 23.1 Å². The predicted molar refractivity (Wildman–Crippen MR) is 105 cm³/mol. The number of benzene rings is 2. The summed E-state index contributed by atoms with van der Waals surface area (Å²) < 4.78 is 44.6. The summed E-state index contributed by atoms with van der Waals surface area (Å²) in [7, 11) is 0. The van der Waals surface area contributed by atoms with Gasteiger partial charge in [-0.2, -0.15) is 13.2 Å². The van der Waals surface area contributed by atoms with E-state index in [2.05, 4.69) is 0 Å². The van der Waals surface area contributed by atoms with Crippen molar-refractivity contribution in [2.24, 2.45) is 0 Å². The van der Waals surface area contributed by atoms with Gasteiger partial charge in [0.05, 0.1) is 5.56 Å². The Morgan fingerprint density at radius 3 is 2.07 bits per heavy atom. The van der Waals surface area contributed by atoms with Crippen LogP contribution in [0.5, 0.6) is 5.75 Å². The number of ether oxygens (including phenoxy) is 1. The molecule has 2 aromatic rings. The number of hydrogen-bond acceptors (Lipinski definition) is 3. The van der Waals surface area contributed by atoms with E-state index in [1.165, 1.54) is 12.1 Å². The average molecular weight is 409 g/mol. The second kappa shape index (κ2) is 9.31. The molecule has 0 heterocycles. The van der Waals surface area contributed by atoms with Gasteiger partial charge >= 0.3 is 6.18 Å². The first-order chi connectivity index (χ1) is 13.7. The molecule has 1 N–H and O–H groups in total. The Morgan fingerprint density at radius 2 is 1.55 bits per heavy atom. The summed E-state index contributed by atoms with van der Waals surface area (Å²) in [6.45, 7) is 6.56. The van der Waals surface area contributed by atoms with Crippen LogP contribution in [0.1, 0.15) is 43.9 Å². The van der Waals surface area contributed by atoms with Crippen LogP contribution in [0.3, 0.4) is 0 Å². The molecule has 0 aliphatic carbocycles. The molecule has 0 aliphatic rings. The zero-order valence-electron chi connectivity index (χ0n) is 16.8. The van der Waals surface area contributed by atoms with Crippen LogP contribution >= 0.6 is 0 Å². The van der Waals surface area contributed by atoms with Gasteiger partial charge in [0.2, 0.25) is 0 Å². The van der Waals surface area contributed by atoms with Gasteiger partial charge in [0, 0.05) is 13.1 Å². The van der Waals surface area contributed by atoms with Crippen molar-refractivity contribution in [2.45, 2.75) is 39.0 Å². The van der Waals surface area contributed by atoms with E-state index in [0.717, 1.165) is 12.1 Å². The molecule has 2 aromatic carbocycles. The van der Waals surface area contributed by atoms with Crippen LogP contribution < -0.4 is 4.74 Å². The van der Waals surface area contributed by atoms with Gasteiger partial charge in [-0.1, -0.05) is 31.2 Å². The molecule has 0 saturated heterocycles. The Labute approximate surface area is 168 Å². The largest absolute Gasteiger partial charge is 0.484 e. The molecule has 0 aliphatic heterocycles. The minimum absolute atomic E-state index is 0.104. The molecule has 1 atom stereocenters. The first kappa shape index (κ1) is 22.7. The van der Waals surface area contributed by atoms with Crippen LogP contribution in [0.15, 0.2) is 48.5 Å². The molecule has 2 rings (SSSR count). The normalized spacial score (nSPS) is 13.6. The Hall–Kier alpha value is -2.54. The molecule has 0 aromatic heterocycles. The highest BCUT2D eigenvalue weighted by Crippen LogP contribution is 2.37. The van der Waals surface area contributed by atoms with E-state index in [1.54, 1.807) is 36.1 Å². The van der Waals surface area contributed by atoms with Crippen LogP contribution in [0.2, 0.25) is 0 Å². The summed E-state index contributed by atoms with van der Waals surface area (Å²) in [5.74, 6) is 0.310. The maximum Gasteiger partial charge on any atom is 0.416 e. The summed E-state index contributed by atoms with van der Waals surface area (Å²) in [5.41, 5.74) is -1.77. The fourth-order valence-corrected chi connectivity index (χ4v) is 3.17. The van der Waals surface area contributed by atoms with Crippen LogP contribution in [-0.2, 0) is 16.6 Å². The van der Waals surface area contributed by atoms with Crippen molar-refractivity contribution in [1.82, 2.24) is 4.90 Å². The van der Waals surface area contributed by atoms with Crippen molar-refractivity contribution < 1.29 is 27.8 Å². The Kier molecular flexibility index (Phi) is 7.30. The number of alkyl halides is 3. The summed E-state index contributed by atoms with van der Waals surface area (Å²) in [4.78, 5) is 13.7. The topological polar surface area (TPSA) is 49.8 Å². The van der Waals surface area contributed by atoms with E-state index in [4.69, 9.17) is 4.74 Å². The third-order valence-electron chi connectivity index (χ3n) is 4.99. The summed E-state index contributed by atoms with van der Waals surface area (Å²) in [6, 6.07) is 11.1. The lowest BCUT2D eigenvalue weighted by atomic mass is 9.83. The highest BCUT2D eigenvalue weighted by Gasteiger charge is 2.34. The number of hydrogen-bond donors (Lipinski definition) is 1. The van der Waals surface area contributed by atoms with Gasteiger partial charge < -0.3 is 14.7 Å². The van der Waals surface area contributed by atoms with Gasteiger partial charge in [-0.15, -0.1) is 0 Å². The Balaban J connectivity index is 2.21. The Bertz CT molecular complexity index is 817. The van der Waals surface area contributed by atoms with E-state index in [1.807, 2.05) is 13.8 Å². The molecule has 29 heavy (non-hydrogen) atoms. The predicted octanol–water partition coefficient (Wildman–Crippen LogP) is 4.60. The van der Waals surface area contributed by atoms with E-state index >= 15 is 0 Å². The fraction of sp³-hybridized carbons (Fsp3) is 0.409. The molecule has 1 amide bonds. The van der Waals surface area contributed by atoms with Crippen LogP contribution in [0.25, 0.3) is 0 Å². The van der Waals surface area contributed by atoms with Crippen molar-refractivity contribution in [3.05, 3.63) is 65.2 Å². The van der Waals surface area contributed by atoms with Crippen molar-refractivity contribution in [3.8, 4) is 5.75 Å². The standard InChI is InChI=1S/C22H26F3NO3/c1-4-21(28,17-8-7-9-18(14-17)22(23,24)25)16-10-12-19(13-11-16)29-15-20(27)26(5-2)6-3/h7-14,28H,4-6,15H2,1-3H3. The van der Waals surface area contributed by atoms with Gasteiger partial charge in [-0.3, -0.25) is 4.79 Å². The number of carbonyl (C=O) groups is 1. The van der Waals surface area contributed by atoms with Crippen LogP contribution in [0.4, 0.5) is 13.2 Å². The monoisotopic (exact) mass is 409 g/mol. The number of carbonyl (C=O) groups excluding carboxylic acids is 1. The second-order valence-corrected chi connectivity index (χ2v) is 6.67. The Morgan fingerprint density at radius 1 is 0.966 bits per heavy atom. The molecule has 158 valence electrons. The number of amides is 1. The quantitative estimate of drug-likeness (QED) is 0.693. The third kappa shape index (κ3) is 5.29. The smallest absolute Gasteiger partial charge is 0.416 e. The maximum atomic E-state index is 13.0. The van der Waals surface area contributed by atoms with Gasteiger partial charge in [0.1, 0.15) is 11.4 Å². The molecule has 0 radical (unpaired) electrons. The first-order valence-corrected chi connectivity index (χ1v) is 9.56. The number of nitrogens with zero attached hydrogens (tertiary/aromatic N) is 1. The highest BCUT2D eigenvalue weighted by atomic mass is 19.4. The molecule has 0 bridgehead atoms. The van der Waals surface area contributed by atoms with Gasteiger partial charge in [-0.05, 0) is 55.7 Å². The molecular weight excluding hydrogens is 383 g/mol. The molecule has 7 heteroatoms. The van der Waals surface area contributed by atoms with Crippen molar-refractivity contribution in [3.63, 3.8) is 0 Å². The molecule has 0 saturated carbocycles. The fourth-order valence-electron chi connectivity index (χ4n) is 3.17. The lowest BCUT2D eigenvalue weighted by Crippen LogP contribution is -2.34. The molecule has 4 nitrogen and oxygen atoms in total. The van der Waals surface area contributed by atoms with E-state index in [0.29, 0.717) is 24.4 Å². The summed E-state index contributed by atoms with van der Waals surface area (Å²) in [6.07, 6.45) is -4.30. The third-order valence-corrected chi connectivity index (χ3v) is 4.99. The summed E-state index contributed by atoms with van der Waals surface area (Å²) in [5, 5.41) is 11.1. The van der Waals surface area contributed by atoms with Gasteiger partial charge in [-0.25, -0.2) is 0 Å². The van der Waals surface area contributed by atoms with Crippen molar-refractivity contribution >= 4 is 5.91 Å². The second-order valence-electron chi connectivity index (χ2n) is 6.67. The maximum absolute atomic E-state index is 13.0. The molecule has 1 unspecified atom stereocenters. The number of halogens is 3. The van der Waals surface area contributed by atoms with Crippen molar-refractivity contribution in [1.29, 1.82) is 0 Å². The number of likely N-dealkylation sites (N-methyl/N-ethyl adjacent to an activating group) is 1. The van der Waals surface area contributed by atoms with Crippen LogP contribution in [0, 0.1) is 0 Å². The van der Waals surface area contributed by atoms with E-state index < -0.39 is 17.3 Å². The molecule has 0 spiro atoms. The van der Waals surface area contributed by atoms with Gasteiger partial charge in [0.15, 0.2) is 6.61 Å². The van der Waals surface area contributed by atoms with Crippen molar-refractivity contribution in [2.75, 3.05) is 19.7 Å². The minimum Gasteiger partial charge on any atom is -0.484 e. The lowest BCUT2D eigenvalue weighted by molar-refractivity contribution is -0.137. The van der Waals surface area contributed by atoms with E-state index in [-0.39, 0.29) is 24.5 Å². The number of aliphatic hydroxyl groups is 1. The first-order valence-electron chi connectivity index (χ1n) is 9.56.